The Kier molecular flexibility index (Phi) is 5.97. The van der Waals surface area contributed by atoms with Crippen molar-refractivity contribution < 1.29 is 0 Å². The molecule has 0 radical (unpaired) electrons. The predicted octanol–water partition coefficient (Wildman–Crippen LogP) is 4.96. The SMILES string of the molecule is C=C(C)C(CCC)N(CCC)c1ccc(C)cc1. The van der Waals surface area contributed by atoms with Crippen molar-refractivity contribution in [2.24, 2.45) is 0 Å². The summed E-state index contributed by atoms with van der Waals surface area (Å²) in [6, 6.07) is 9.32. The van der Waals surface area contributed by atoms with Crippen LogP contribution in [0.25, 0.3) is 0 Å². The van der Waals surface area contributed by atoms with Gasteiger partial charge in [-0.05, 0) is 38.8 Å². The van der Waals surface area contributed by atoms with E-state index in [-0.39, 0.29) is 0 Å². The topological polar surface area (TPSA) is 3.24 Å². The first-order chi connectivity index (χ1) is 8.60. The summed E-state index contributed by atoms with van der Waals surface area (Å²) in [5.41, 5.74) is 3.91. The summed E-state index contributed by atoms with van der Waals surface area (Å²) >= 11 is 0. The maximum absolute atomic E-state index is 4.18. The summed E-state index contributed by atoms with van der Waals surface area (Å²) in [5.74, 6) is 0. The molecule has 0 aliphatic carbocycles. The van der Waals surface area contributed by atoms with Gasteiger partial charge in [-0.1, -0.05) is 50.1 Å². The molecule has 0 N–H and O–H groups in total. The van der Waals surface area contributed by atoms with Crippen LogP contribution in [0.1, 0.15) is 45.6 Å². The average Bonchev–Trinajstić information content (AvgIpc) is 2.34. The summed E-state index contributed by atoms with van der Waals surface area (Å²) in [6.45, 7) is 14.0. The molecule has 1 atom stereocenters. The van der Waals surface area contributed by atoms with Crippen molar-refractivity contribution in [3.8, 4) is 0 Å². The lowest BCUT2D eigenvalue weighted by Crippen LogP contribution is -2.36. The molecule has 1 aromatic rings. The van der Waals surface area contributed by atoms with Gasteiger partial charge in [0.2, 0.25) is 0 Å². The largest absolute Gasteiger partial charge is 0.365 e. The molecule has 1 rings (SSSR count). The average molecular weight is 245 g/mol. The van der Waals surface area contributed by atoms with Gasteiger partial charge in [0.25, 0.3) is 0 Å². The Labute approximate surface area is 113 Å². The Bertz CT molecular complexity index is 364. The number of benzene rings is 1. The van der Waals surface area contributed by atoms with Crippen LogP contribution < -0.4 is 4.90 Å². The summed E-state index contributed by atoms with van der Waals surface area (Å²) < 4.78 is 0. The van der Waals surface area contributed by atoms with Crippen LogP contribution in [-0.2, 0) is 0 Å². The van der Waals surface area contributed by atoms with Crippen LogP contribution in [0.5, 0.6) is 0 Å². The van der Waals surface area contributed by atoms with E-state index in [4.69, 9.17) is 0 Å². The van der Waals surface area contributed by atoms with Crippen molar-refractivity contribution in [3.05, 3.63) is 42.0 Å². The maximum atomic E-state index is 4.18. The third-order valence-corrected chi connectivity index (χ3v) is 3.34. The molecule has 0 saturated heterocycles. The fraction of sp³-hybridized carbons (Fsp3) is 0.529. The number of nitrogens with zero attached hydrogens (tertiary/aromatic N) is 1. The Balaban J connectivity index is 2.98. The number of hydrogen-bond acceptors (Lipinski definition) is 1. The normalized spacial score (nSPS) is 12.2. The summed E-state index contributed by atoms with van der Waals surface area (Å²) in [7, 11) is 0. The van der Waals surface area contributed by atoms with Crippen LogP contribution in [0, 0.1) is 6.92 Å². The zero-order valence-corrected chi connectivity index (χ0v) is 12.4. The van der Waals surface area contributed by atoms with Gasteiger partial charge in [-0.3, -0.25) is 0 Å². The molecule has 18 heavy (non-hydrogen) atoms. The quantitative estimate of drug-likeness (QED) is 0.614. The highest BCUT2D eigenvalue weighted by molar-refractivity contribution is 5.50. The molecule has 0 spiro atoms. The molecule has 0 aliphatic heterocycles. The lowest BCUT2D eigenvalue weighted by molar-refractivity contribution is 0.596. The molecule has 0 amide bonds. The van der Waals surface area contributed by atoms with Crippen molar-refractivity contribution in [1.29, 1.82) is 0 Å². The summed E-state index contributed by atoms with van der Waals surface area (Å²) in [4.78, 5) is 2.51. The van der Waals surface area contributed by atoms with E-state index in [9.17, 15) is 0 Å². The van der Waals surface area contributed by atoms with Crippen molar-refractivity contribution in [2.75, 3.05) is 11.4 Å². The van der Waals surface area contributed by atoms with Crippen LogP contribution in [0.15, 0.2) is 36.4 Å². The van der Waals surface area contributed by atoms with E-state index in [1.807, 2.05) is 0 Å². The fourth-order valence-electron chi connectivity index (χ4n) is 2.38. The molecule has 1 unspecified atom stereocenters. The zero-order chi connectivity index (χ0) is 13.5. The van der Waals surface area contributed by atoms with E-state index in [2.05, 4.69) is 63.4 Å². The highest BCUT2D eigenvalue weighted by Crippen LogP contribution is 2.24. The monoisotopic (exact) mass is 245 g/mol. The second-order valence-electron chi connectivity index (χ2n) is 5.18. The first-order valence-electron chi connectivity index (χ1n) is 7.08. The van der Waals surface area contributed by atoms with E-state index >= 15 is 0 Å². The molecule has 1 aromatic carbocycles. The minimum absolute atomic E-state index is 0.470. The summed E-state index contributed by atoms with van der Waals surface area (Å²) in [5, 5.41) is 0. The molecular formula is C17H27N. The van der Waals surface area contributed by atoms with Crippen LogP contribution in [0.3, 0.4) is 0 Å². The fourth-order valence-corrected chi connectivity index (χ4v) is 2.38. The van der Waals surface area contributed by atoms with E-state index < -0.39 is 0 Å². The van der Waals surface area contributed by atoms with Gasteiger partial charge in [0, 0.05) is 18.3 Å². The van der Waals surface area contributed by atoms with E-state index in [1.54, 1.807) is 0 Å². The zero-order valence-electron chi connectivity index (χ0n) is 12.4. The molecule has 0 saturated carbocycles. The molecular weight excluding hydrogens is 218 g/mol. The van der Waals surface area contributed by atoms with Crippen LogP contribution in [-0.4, -0.2) is 12.6 Å². The third-order valence-electron chi connectivity index (χ3n) is 3.34. The first kappa shape index (κ1) is 14.8. The molecule has 0 aromatic heterocycles. The molecule has 0 heterocycles. The number of aryl methyl sites for hydroxylation is 1. The minimum Gasteiger partial charge on any atom is -0.365 e. The number of rotatable bonds is 7. The second kappa shape index (κ2) is 7.25. The minimum atomic E-state index is 0.470. The molecule has 1 nitrogen and oxygen atoms in total. The van der Waals surface area contributed by atoms with E-state index in [0.717, 1.165) is 6.54 Å². The number of anilines is 1. The van der Waals surface area contributed by atoms with Crippen LogP contribution in [0.2, 0.25) is 0 Å². The number of hydrogen-bond donors (Lipinski definition) is 0. The summed E-state index contributed by atoms with van der Waals surface area (Å²) in [6.07, 6.45) is 3.55. The van der Waals surface area contributed by atoms with Crippen molar-refractivity contribution in [1.82, 2.24) is 0 Å². The first-order valence-corrected chi connectivity index (χ1v) is 7.08. The van der Waals surface area contributed by atoms with E-state index in [0.29, 0.717) is 6.04 Å². The molecule has 0 fully saturated rings. The molecule has 100 valence electrons. The maximum Gasteiger partial charge on any atom is 0.0496 e. The van der Waals surface area contributed by atoms with Gasteiger partial charge in [0.1, 0.15) is 0 Å². The van der Waals surface area contributed by atoms with E-state index in [1.165, 1.54) is 36.1 Å². The Hall–Kier alpha value is -1.24. The lowest BCUT2D eigenvalue weighted by atomic mass is 10.0. The second-order valence-corrected chi connectivity index (χ2v) is 5.18. The highest BCUT2D eigenvalue weighted by atomic mass is 15.2. The molecule has 1 heteroatoms. The Morgan fingerprint density at radius 1 is 1.17 bits per heavy atom. The Morgan fingerprint density at radius 3 is 2.22 bits per heavy atom. The predicted molar refractivity (Wildman–Crippen MR) is 82.3 cm³/mol. The van der Waals surface area contributed by atoms with Crippen molar-refractivity contribution in [2.45, 2.75) is 53.0 Å². The van der Waals surface area contributed by atoms with Crippen LogP contribution in [0.4, 0.5) is 5.69 Å². The van der Waals surface area contributed by atoms with Crippen molar-refractivity contribution >= 4 is 5.69 Å². The van der Waals surface area contributed by atoms with Gasteiger partial charge < -0.3 is 4.90 Å². The van der Waals surface area contributed by atoms with Gasteiger partial charge in [-0.15, -0.1) is 0 Å². The van der Waals surface area contributed by atoms with Crippen molar-refractivity contribution in [3.63, 3.8) is 0 Å². The molecule has 0 bridgehead atoms. The Morgan fingerprint density at radius 2 is 1.78 bits per heavy atom. The smallest absolute Gasteiger partial charge is 0.0496 e. The standard InChI is InChI=1S/C17H27N/c1-6-8-17(14(3)4)18(13-7-2)16-11-9-15(5)10-12-16/h9-12,17H,3,6-8,13H2,1-2,4-5H3. The van der Waals surface area contributed by atoms with Gasteiger partial charge in [-0.2, -0.15) is 0 Å². The molecule has 0 aliphatic rings. The third kappa shape index (κ3) is 3.90. The van der Waals surface area contributed by atoms with Crippen LogP contribution >= 0.6 is 0 Å². The van der Waals surface area contributed by atoms with Gasteiger partial charge in [0.15, 0.2) is 0 Å². The van der Waals surface area contributed by atoms with Gasteiger partial charge in [-0.25, -0.2) is 0 Å². The van der Waals surface area contributed by atoms with Gasteiger partial charge >= 0.3 is 0 Å². The highest BCUT2D eigenvalue weighted by Gasteiger charge is 2.17. The lowest BCUT2D eigenvalue weighted by Gasteiger charge is -2.34. The van der Waals surface area contributed by atoms with Gasteiger partial charge in [0.05, 0.1) is 0 Å².